The van der Waals surface area contributed by atoms with E-state index in [2.05, 4.69) is 6.07 Å². The minimum absolute atomic E-state index is 0.0699. The quantitative estimate of drug-likeness (QED) is 0.146. The van der Waals surface area contributed by atoms with E-state index in [4.69, 9.17) is 35.9 Å². The van der Waals surface area contributed by atoms with E-state index in [9.17, 15) is 24.4 Å². The first-order chi connectivity index (χ1) is 22.8. The van der Waals surface area contributed by atoms with Crippen molar-refractivity contribution in [2.45, 2.75) is 64.8 Å². The molecule has 0 radical (unpaired) electrons. The highest BCUT2D eigenvalue weighted by Crippen LogP contribution is 2.47. The van der Waals surface area contributed by atoms with Crippen LogP contribution in [0.15, 0.2) is 48.5 Å². The second-order valence-corrected chi connectivity index (χ2v) is 12.1. The van der Waals surface area contributed by atoms with Gasteiger partial charge in [-0.3, -0.25) is 19.2 Å². The van der Waals surface area contributed by atoms with Crippen molar-refractivity contribution in [3.05, 3.63) is 69.9 Å². The molecule has 1 aliphatic heterocycles. The van der Waals surface area contributed by atoms with Crippen molar-refractivity contribution in [3.63, 3.8) is 0 Å². The molecule has 3 aromatic rings. The Morgan fingerprint density at radius 3 is 2.08 bits per heavy atom. The van der Waals surface area contributed by atoms with Crippen molar-refractivity contribution in [1.82, 2.24) is 4.57 Å². The molecule has 0 bridgehead atoms. The highest BCUT2D eigenvalue weighted by Gasteiger charge is 2.54. The van der Waals surface area contributed by atoms with E-state index in [1.54, 1.807) is 4.57 Å². The Morgan fingerprint density at radius 2 is 1.50 bits per heavy atom. The number of nitrogens with zero attached hydrogens (tertiary/aromatic N) is 3. The van der Waals surface area contributed by atoms with E-state index >= 15 is 0 Å². The summed E-state index contributed by atoms with van der Waals surface area (Å²) in [7, 11) is 3.87. The van der Waals surface area contributed by atoms with Crippen molar-refractivity contribution in [3.8, 4) is 28.5 Å². The van der Waals surface area contributed by atoms with Gasteiger partial charge in [0, 0.05) is 65.0 Å². The summed E-state index contributed by atoms with van der Waals surface area (Å²) in [4.78, 5) is 51.2. The van der Waals surface area contributed by atoms with Crippen molar-refractivity contribution < 1.29 is 42.9 Å². The predicted molar refractivity (Wildman–Crippen MR) is 175 cm³/mol. The fourth-order valence-corrected chi connectivity index (χ4v) is 6.65. The van der Waals surface area contributed by atoms with Gasteiger partial charge in [-0.2, -0.15) is 5.26 Å². The second-order valence-electron chi connectivity index (χ2n) is 11.7. The monoisotopic (exact) mass is 673 g/mol. The lowest BCUT2D eigenvalue weighted by molar-refractivity contribution is -0.268. The fraction of sp³-hybridized carbons (Fsp3) is 0.371. The van der Waals surface area contributed by atoms with Crippen LogP contribution in [-0.4, -0.2) is 73.6 Å². The third kappa shape index (κ3) is 6.67. The molecular formula is C35H35N3O9S. The maximum Gasteiger partial charge on any atom is 0.303 e. The highest BCUT2D eigenvalue weighted by molar-refractivity contribution is 7.71. The zero-order valence-corrected chi connectivity index (χ0v) is 28.2. The lowest BCUT2D eigenvalue weighted by atomic mass is 9.92. The molecule has 5 rings (SSSR count). The van der Waals surface area contributed by atoms with Crippen LogP contribution < -0.4 is 4.90 Å². The van der Waals surface area contributed by atoms with Gasteiger partial charge in [-0.15, -0.1) is 0 Å². The number of pyridine rings is 1. The summed E-state index contributed by atoms with van der Waals surface area (Å²) in [6.45, 7) is 4.29. The minimum atomic E-state index is -1.41. The van der Waals surface area contributed by atoms with Gasteiger partial charge in [0.25, 0.3) is 0 Å². The number of fused-ring (bicyclic) bond motifs is 3. The maximum atomic E-state index is 12.6. The summed E-state index contributed by atoms with van der Waals surface area (Å²) < 4.78 is 30.5. The lowest BCUT2D eigenvalue weighted by Gasteiger charge is -2.45. The number of rotatable bonds is 8. The van der Waals surface area contributed by atoms with Gasteiger partial charge in [-0.1, -0.05) is 48.6 Å². The van der Waals surface area contributed by atoms with E-state index in [1.165, 1.54) is 13.8 Å². The fourth-order valence-electron chi connectivity index (χ4n) is 6.31. The van der Waals surface area contributed by atoms with Crippen LogP contribution in [0.4, 0.5) is 5.69 Å². The zero-order chi connectivity index (χ0) is 34.9. The van der Waals surface area contributed by atoms with Crippen LogP contribution in [0.3, 0.4) is 0 Å². The number of nitriles is 1. The molecule has 1 aromatic heterocycles. The second kappa shape index (κ2) is 14.0. The van der Waals surface area contributed by atoms with Crippen molar-refractivity contribution in [2.75, 3.05) is 25.6 Å². The minimum Gasteiger partial charge on any atom is -0.463 e. The molecule has 2 aromatic carbocycles. The van der Waals surface area contributed by atoms with Crippen LogP contribution in [0.25, 0.3) is 22.4 Å². The number of ether oxygens (including phenoxy) is 5. The number of hydrogen-bond donors (Lipinski definition) is 0. The summed E-state index contributed by atoms with van der Waals surface area (Å²) in [6, 6.07) is 17.7. The van der Waals surface area contributed by atoms with E-state index in [-0.39, 0.29) is 10.2 Å². The SMILES string of the molecule is CC(=O)OC[C@H]1O[C@@H](n2c3c(c(-c4ccc(N(C)C)cc4)c(C#N)c2=S)Cc2ccccc2-3)[C@H](OC(C)=O)[C@@H](OC(C)=O)[C@@H]1OC(C)=O. The Hall–Kier alpha value is -5.06. The molecule has 12 nitrogen and oxygen atoms in total. The molecule has 1 aliphatic carbocycles. The molecule has 0 unspecified atom stereocenters. The number of hydrogen-bond acceptors (Lipinski definition) is 12. The summed E-state index contributed by atoms with van der Waals surface area (Å²) in [5.41, 5.74) is 5.75. The predicted octanol–water partition coefficient (Wildman–Crippen LogP) is 4.65. The van der Waals surface area contributed by atoms with E-state index in [0.29, 0.717) is 17.7 Å². The van der Waals surface area contributed by atoms with Crippen LogP contribution in [0.5, 0.6) is 0 Å². The molecule has 48 heavy (non-hydrogen) atoms. The van der Waals surface area contributed by atoms with Crippen molar-refractivity contribution in [2.24, 2.45) is 0 Å². The third-order valence-corrected chi connectivity index (χ3v) is 8.56. The lowest BCUT2D eigenvalue weighted by Crippen LogP contribution is -2.60. The summed E-state index contributed by atoms with van der Waals surface area (Å²) in [5, 5.41) is 10.6. The van der Waals surface area contributed by atoms with Gasteiger partial charge in [0.05, 0.1) is 11.3 Å². The molecule has 0 amide bonds. The summed E-state index contributed by atoms with van der Waals surface area (Å²) >= 11 is 6.07. The first-order valence-electron chi connectivity index (χ1n) is 15.2. The van der Waals surface area contributed by atoms with Gasteiger partial charge in [0.15, 0.2) is 24.5 Å². The Bertz CT molecular complexity index is 1880. The molecule has 1 fully saturated rings. The number of esters is 4. The highest BCUT2D eigenvalue weighted by atomic mass is 32.1. The molecule has 1 saturated heterocycles. The van der Waals surface area contributed by atoms with E-state index < -0.39 is 61.1 Å². The van der Waals surface area contributed by atoms with Crippen LogP contribution in [-0.2, 0) is 49.3 Å². The molecule has 250 valence electrons. The topological polar surface area (TPSA) is 146 Å². The number of aromatic nitrogens is 1. The van der Waals surface area contributed by atoms with Crippen LogP contribution in [0.2, 0.25) is 0 Å². The van der Waals surface area contributed by atoms with Gasteiger partial charge in [-0.05, 0) is 28.8 Å². The summed E-state index contributed by atoms with van der Waals surface area (Å²) in [6.07, 6.45) is -6.23. The van der Waals surface area contributed by atoms with Gasteiger partial charge >= 0.3 is 23.9 Å². The number of carbonyl (C=O) groups is 4. The Balaban J connectivity index is 1.81. The van der Waals surface area contributed by atoms with Gasteiger partial charge in [-0.25, -0.2) is 0 Å². The van der Waals surface area contributed by atoms with E-state index in [1.807, 2.05) is 67.5 Å². The third-order valence-electron chi connectivity index (χ3n) is 8.16. The van der Waals surface area contributed by atoms with Gasteiger partial charge in [0.2, 0.25) is 0 Å². The molecule has 5 atom stereocenters. The molecule has 0 spiro atoms. The van der Waals surface area contributed by atoms with Crippen LogP contribution in [0.1, 0.15) is 50.6 Å². The van der Waals surface area contributed by atoms with Crippen molar-refractivity contribution >= 4 is 41.8 Å². The number of benzene rings is 2. The average molecular weight is 674 g/mol. The first-order valence-corrected chi connectivity index (χ1v) is 15.6. The molecule has 2 heterocycles. The first kappa shape index (κ1) is 34.3. The summed E-state index contributed by atoms with van der Waals surface area (Å²) in [5.74, 6) is -2.87. The number of anilines is 1. The standard InChI is InChI=1S/C35H35N3O9S/c1-18(39)43-17-28-31(44-19(2)40)32(45-20(3)41)33(46-21(4)42)34(47-28)38-30-25-10-8-7-9-23(25)15-26(30)29(27(16-36)35(38)48)22-11-13-24(14-12-22)37(5)6/h7-14,28,31-34H,15,17H2,1-6H3/t28-,31-,32+,33-,34-/m1/s1. The van der Waals surface area contributed by atoms with Gasteiger partial charge < -0.3 is 33.2 Å². The Morgan fingerprint density at radius 1 is 0.896 bits per heavy atom. The molecule has 2 aliphatic rings. The molecule has 13 heteroatoms. The molecule has 0 saturated carbocycles. The maximum absolute atomic E-state index is 12.6. The van der Waals surface area contributed by atoms with Crippen molar-refractivity contribution in [1.29, 1.82) is 5.26 Å². The Labute approximate surface area is 282 Å². The molecular weight excluding hydrogens is 638 g/mol. The van der Waals surface area contributed by atoms with E-state index in [0.717, 1.165) is 41.8 Å². The average Bonchev–Trinajstić information content (AvgIpc) is 3.40. The van der Waals surface area contributed by atoms with Crippen LogP contribution in [0, 0.1) is 16.0 Å². The molecule has 0 N–H and O–H groups in total. The van der Waals surface area contributed by atoms with Gasteiger partial charge in [0.1, 0.15) is 23.4 Å². The van der Waals surface area contributed by atoms with Crippen LogP contribution >= 0.6 is 12.2 Å². The number of carbonyl (C=O) groups excluding carboxylic acids is 4. The smallest absolute Gasteiger partial charge is 0.303 e. The Kier molecular flexibility index (Phi) is 9.98. The normalized spacial score (nSPS) is 20.8. The largest absolute Gasteiger partial charge is 0.463 e. The zero-order valence-electron chi connectivity index (χ0n) is 27.3.